The first-order valence-corrected chi connectivity index (χ1v) is 12.0. The molecule has 2 aliphatic heterocycles. The van der Waals surface area contributed by atoms with Crippen LogP contribution in [-0.4, -0.2) is 74.5 Å². The number of nitrogens with zero attached hydrogens (tertiary/aromatic N) is 5. The van der Waals surface area contributed by atoms with Crippen molar-refractivity contribution in [3.8, 4) is 11.3 Å². The van der Waals surface area contributed by atoms with E-state index in [2.05, 4.69) is 28.6 Å². The van der Waals surface area contributed by atoms with Crippen molar-refractivity contribution in [1.29, 1.82) is 0 Å². The standard InChI is InChI=1S/C26H21F5N6O3/c1-13(27)23(38)33-17-9-35(10-17)25(40)19-7-8-32-21-20(15-3-5-16(6-4-15)26(29,30)31)34-37(22(19)21)18-11-36(12-18)24(39)14(2)28/h3-8,17-18H,1-2,9-12H2,(H,33,38). The Morgan fingerprint density at radius 1 is 0.925 bits per heavy atom. The van der Waals surface area contributed by atoms with E-state index >= 15 is 0 Å². The van der Waals surface area contributed by atoms with Gasteiger partial charge in [0, 0.05) is 37.9 Å². The van der Waals surface area contributed by atoms with Gasteiger partial charge in [-0.1, -0.05) is 25.3 Å². The summed E-state index contributed by atoms with van der Waals surface area (Å²) in [4.78, 5) is 43.9. The topological polar surface area (TPSA) is 100 Å². The molecule has 0 unspecified atom stereocenters. The summed E-state index contributed by atoms with van der Waals surface area (Å²) in [5.74, 6) is -4.56. The molecule has 3 aromatic rings. The molecule has 2 fully saturated rings. The number of rotatable bonds is 6. The molecule has 3 amide bonds. The van der Waals surface area contributed by atoms with Crippen LogP contribution < -0.4 is 5.32 Å². The SMILES string of the molecule is C=C(F)C(=O)NC1CN(C(=O)c2ccnc3c(-c4ccc(C(F)(F)F)cc4)nn(C4CN(C(=O)C(=C)F)C4)c23)C1. The predicted octanol–water partition coefficient (Wildman–Crippen LogP) is 3.41. The highest BCUT2D eigenvalue weighted by Gasteiger charge is 2.38. The maximum atomic E-state index is 13.5. The molecule has 0 radical (unpaired) electrons. The van der Waals surface area contributed by atoms with Gasteiger partial charge in [-0.05, 0) is 18.2 Å². The lowest BCUT2D eigenvalue weighted by Crippen LogP contribution is -2.61. The van der Waals surface area contributed by atoms with E-state index in [0.29, 0.717) is 5.56 Å². The minimum Gasteiger partial charge on any atom is -0.344 e. The molecule has 0 spiro atoms. The van der Waals surface area contributed by atoms with Gasteiger partial charge in [0.05, 0.1) is 23.2 Å². The van der Waals surface area contributed by atoms with Crippen LogP contribution in [0.3, 0.4) is 0 Å². The Labute approximate surface area is 223 Å². The number of nitrogens with one attached hydrogen (secondary N) is 1. The van der Waals surface area contributed by atoms with Gasteiger partial charge in [-0.2, -0.15) is 18.3 Å². The molecule has 1 aromatic carbocycles. The third-order valence-corrected chi connectivity index (χ3v) is 6.78. The lowest BCUT2D eigenvalue weighted by Gasteiger charge is -2.40. The number of amides is 3. The molecule has 2 aliphatic rings. The number of pyridine rings is 1. The van der Waals surface area contributed by atoms with Crippen LogP contribution >= 0.6 is 0 Å². The van der Waals surface area contributed by atoms with E-state index in [1.807, 2.05) is 0 Å². The monoisotopic (exact) mass is 560 g/mol. The Hall–Kier alpha value is -4.62. The zero-order chi connectivity index (χ0) is 28.9. The van der Waals surface area contributed by atoms with Crippen LogP contribution in [-0.2, 0) is 15.8 Å². The molecule has 0 aliphatic carbocycles. The van der Waals surface area contributed by atoms with E-state index in [4.69, 9.17) is 0 Å². The molecule has 2 aromatic heterocycles. The second-order valence-electron chi connectivity index (χ2n) is 9.48. The average Bonchev–Trinajstić information content (AvgIpc) is 3.23. The first kappa shape index (κ1) is 27.0. The number of carbonyl (C=O) groups is 3. The van der Waals surface area contributed by atoms with Crippen LogP contribution in [0.15, 0.2) is 61.3 Å². The summed E-state index contributed by atoms with van der Waals surface area (Å²) in [5, 5.41) is 6.98. The maximum absolute atomic E-state index is 13.5. The first-order chi connectivity index (χ1) is 18.8. The van der Waals surface area contributed by atoms with Crippen LogP contribution in [0.1, 0.15) is 22.0 Å². The van der Waals surface area contributed by atoms with Crippen molar-refractivity contribution in [2.24, 2.45) is 0 Å². The maximum Gasteiger partial charge on any atom is 0.416 e. The molecule has 9 nitrogen and oxygen atoms in total. The third kappa shape index (κ3) is 4.80. The minimum absolute atomic E-state index is 0.0540. The molecule has 0 saturated carbocycles. The van der Waals surface area contributed by atoms with Gasteiger partial charge in [0.15, 0.2) is 11.7 Å². The summed E-state index contributed by atoms with van der Waals surface area (Å²) in [6.45, 7) is 6.25. The van der Waals surface area contributed by atoms with E-state index in [0.717, 1.165) is 12.1 Å². The molecule has 208 valence electrons. The second kappa shape index (κ2) is 9.84. The van der Waals surface area contributed by atoms with Crippen molar-refractivity contribution < 1.29 is 36.3 Å². The van der Waals surface area contributed by atoms with Crippen molar-refractivity contribution in [2.75, 3.05) is 26.2 Å². The lowest BCUT2D eigenvalue weighted by molar-refractivity contribution is -0.137. The fourth-order valence-corrected chi connectivity index (χ4v) is 4.63. The summed E-state index contributed by atoms with van der Waals surface area (Å²) >= 11 is 0. The van der Waals surface area contributed by atoms with Crippen LogP contribution in [0.4, 0.5) is 22.0 Å². The number of benzene rings is 1. The molecule has 2 saturated heterocycles. The number of halogens is 5. The Bertz CT molecular complexity index is 1550. The number of hydrogen-bond acceptors (Lipinski definition) is 5. The van der Waals surface area contributed by atoms with Gasteiger partial charge in [0.2, 0.25) is 0 Å². The zero-order valence-corrected chi connectivity index (χ0v) is 20.7. The van der Waals surface area contributed by atoms with Crippen molar-refractivity contribution >= 4 is 28.8 Å². The highest BCUT2D eigenvalue weighted by molar-refractivity contribution is 6.08. The summed E-state index contributed by atoms with van der Waals surface area (Å²) < 4.78 is 67.1. The van der Waals surface area contributed by atoms with Crippen LogP contribution in [0.2, 0.25) is 0 Å². The van der Waals surface area contributed by atoms with Gasteiger partial charge in [0.1, 0.15) is 16.7 Å². The number of likely N-dealkylation sites (tertiary alicyclic amines) is 2. The van der Waals surface area contributed by atoms with Crippen LogP contribution in [0.25, 0.3) is 22.3 Å². The molecule has 4 heterocycles. The van der Waals surface area contributed by atoms with E-state index in [1.54, 1.807) is 0 Å². The average molecular weight is 560 g/mol. The fraction of sp³-hybridized carbons (Fsp3) is 0.269. The first-order valence-electron chi connectivity index (χ1n) is 12.0. The van der Waals surface area contributed by atoms with E-state index < -0.39 is 53.2 Å². The number of aromatic nitrogens is 3. The van der Waals surface area contributed by atoms with Gasteiger partial charge in [-0.25, -0.2) is 8.78 Å². The van der Waals surface area contributed by atoms with E-state index in [9.17, 15) is 36.3 Å². The lowest BCUT2D eigenvalue weighted by atomic mass is 10.0. The van der Waals surface area contributed by atoms with E-state index in [1.165, 1.54) is 38.9 Å². The smallest absolute Gasteiger partial charge is 0.344 e. The van der Waals surface area contributed by atoms with Crippen molar-refractivity contribution in [1.82, 2.24) is 29.9 Å². The van der Waals surface area contributed by atoms with Crippen molar-refractivity contribution in [2.45, 2.75) is 18.3 Å². The Kier molecular flexibility index (Phi) is 6.64. The molecular weight excluding hydrogens is 539 g/mol. The van der Waals surface area contributed by atoms with Gasteiger partial charge in [0.25, 0.3) is 17.7 Å². The van der Waals surface area contributed by atoms with Gasteiger partial charge in [-0.3, -0.25) is 24.0 Å². The predicted molar refractivity (Wildman–Crippen MR) is 132 cm³/mol. The number of hydrogen-bond donors (Lipinski definition) is 1. The van der Waals surface area contributed by atoms with Gasteiger partial charge in [-0.15, -0.1) is 0 Å². The highest BCUT2D eigenvalue weighted by Crippen LogP contribution is 2.36. The third-order valence-electron chi connectivity index (χ3n) is 6.78. The largest absolute Gasteiger partial charge is 0.416 e. The van der Waals surface area contributed by atoms with E-state index in [-0.39, 0.29) is 48.5 Å². The van der Waals surface area contributed by atoms with Crippen LogP contribution in [0.5, 0.6) is 0 Å². The van der Waals surface area contributed by atoms with Crippen molar-refractivity contribution in [3.05, 3.63) is 72.5 Å². The fourth-order valence-electron chi connectivity index (χ4n) is 4.63. The second-order valence-corrected chi connectivity index (χ2v) is 9.48. The number of carbonyl (C=O) groups excluding carboxylic acids is 3. The normalized spacial score (nSPS) is 15.9. The number of fused-ring (bicyclic) bond motifs is 1. The summed E-state index contributed by atoms with van der Waals surface area (Å²) in [6.07, 6.45) is -3.17. The Balaban J connectivity index is 1.50. The summed E-state index contributed by atoms with van der Waals surface area (Å²) in [6, 6.07) is 4.81. The van der Waals surface area contributed by atoms with Crippen LogP contribution in [0, 0.1) is 0 Å². The molecule has 14 heteroatoms. The molecule has 1 N–H and O–H groups in total. The molecule has 40 heavy (non-hydrogen) atoms. The Morgan fingerprint density at radius 3 is 2.15 bits per heavy atom. The quantitative estimate of drug-likeness (QED) is 0.368. The molecule has 0 bridgehead atoms. The zero-order valence-electron chi connectivity index (χ0n) is 20.7. The van der Waals surface area contributed by atoms with Gasteiger partial charge < -0.3 is 15.1 Å². The Morgan fingerprint density at radius 2 is 1.57 bits per heavy atom. The molecule has 0 atom stereocenters. The molecular formula is C26H21F5N6O3. The number of alkyl halides is 3. The highest BCUT2D eigenvalue weighted by atomic mass is 19.4. The minimum atomic E-state index is -4.54. The van der Waals surface area contributed by atoms with Crippen molar-refractivity contribution in [3.63, 3.8) is 0 Å². The summed E-state index contributed by atoms with van der Waals surface area (Å²) in [5.41, 5.74) is 0.381. The summed E-state index contributed by atoms with van der Waals surface area (Å²) in [7, 11) is 0. The van der Waals surface area contributed by atoms with Gasteiger partial charge >= 0.3 is 6.18 Å². The molecule has 5 rings (SSSR count).